The molecule has 0 amide bonds. The predicted octanol–water partition coefficient (Wildman–Crippen LogP) is 3.31. The highest BCUT2D eigenvalue weighted by molar-refractivity contribution is 5.30. The van der Waals surface area contributed by atoms with Crippen molar-refractivity contribution in [2.45, 2.75) is 44.8 Å². The van der Waals surface area contributed by atoms with Gasteiger partial charge in [-0.05, 0) is 37.1 Å². The van der Waals surface area contributed by atoms with E-state index in [0.29, 0.717) is 6.10 Å². The molecule has 19 heavy (non-hydrogen) atoms. The second-order valence-corrected chi connectivity index (χ2v) is 5.13. The van der Waals surface area contributed by atoms with Gasteiger partial charge in [0.15, 0.2) is 0 Å². The number of ether oxygens (including phenoxy) is 2. The summed E-state index contributed by atoms with van der Waals surface area (Å²) in [6.45, 7) is 3.81. The summed E-state index contributed by atoms with van der Waals surface area (Å²) in [5, 5.41) is 3.49. The molecule has 3 nitrogen and oxygen atoms in total. The highest BCUT2D eigenvalue weighted by atomic mass is 16.5. The van der Waals surface area contributed by atoms with Gasteiger partial charge in [0.1, 0.15) is 5.75 Å². The Morgan fingerprint density at radius 2 is 2.11 bits per heavy atom. The van der Waals surface area contributed by atoms with E-state index in [1.54, 1.807) is 7.11 Å². The van der Waals surface area contributed by atoms with Gasteiger partial charge in [0, 0.05) is 0 Å². The topological polar surface area (TPSA) is 30.5 Å². The minimum absolute atomic E-state index is 0.251. The zero-order valence-corrected chi connectivity index (χ0v) is 12.0. The van der Waals surface area contributed by atoms with E-state index in [9.17, 15) is 0 Å². The Kier molecular flexibility index (Phi) is 5.67. The van der Waals surface area contributed by atoms with Crippen LogP contribution < -0.4 is 10.1 Å². The number of nitrogens with one attached hydrogen (secondary N) is 1. The van der Waals surface area contributed by atoms with Crippen molar-refractivity contribution in [1.82, 2.24) is 5.32 Å². The van der Waals surface area contributed by atoms with E-state index in [2.05, 4.69) is 24.4 Å². The molecule has 1 N–H and O–H groups in total. The molecule has 0 spiro atoms. The molecule has 1 aromatic carbocycles. The molecule has 2 rings (SSSR count). The third kappa shape index (κ3) is 4.22. The molecule has 3 heteroatoms. The molecule has 1 unspecified atom stereocenters. The normalized spacial score (nSPS) is 17.6. The summed E-state index contributed by atoms with van der Waals surface area (Å²) in [5.74, 6) is 0.904. The van der Waals surface area contributed by atoms with Crippen LogP contribution in [0.5, 0.6) is 5.75 Å². The number of benzene rings is 1. The Labute approximate surface area is 116 Å². The molecule has 0 radical (unpaired) electrons. The van der Waals surface area contributed by atoms with Crippen molar-refractivity contribution < 1.29 is 9.47 Å². The number of likely N-dealkylation sites (N-methyl/N-ethyl adjacent to an activating group) is 1. The molecular weight excluding hydrogens is 238 g/mol. The summed E-state index contributed by atoms with van der Waals surface area (Å²) in [4.78, 5) is 0. The van der Waals surface area contributed by atoms with E-state index >= 15 is 0 Å². The number of hydrogen-bond donors (Lipinski definition) is 1. The molecule has 1 atom stereocenters. The summed E-state index contributed by atoms with van der Waals surface area (Å²) < 4.78 is 11.3. The van der Waals surface area contributed by atoms with Crippen molar-refractivity contribution in [2.75, 3.05) is 20.3 Å². The van der Waals surface area contributed by atoms with E-state index in [1.165, 1.54) is 31.2 Å². The summed E-state index contributed by atoms with van der Waals surface area (Å²) >= 11 is 0. The largest absolute Gasteiger partial charge is 0.497 e. The average molecular weight is 263 g/mol. The van der Waals surface area contributed by atoms with Gasteiger partial charge in [-0.2, -0.15) is 0 Å². The SMILES string of the molecule is CCNC(COC1CCCC1)c1cccc(OC)c1. The molecular formula is C16H25NO2. The lowest BCUT2D eigenvalue weighted by atomic mass is 10.1. The van der Waals surface area contributed by atoms with Gasteiger partial charge < -0.3 is 14.8 Å². The van der Waals surface area contributed by atoms with E-state index in [0.717, 1.165) is 18.9 Å². The van der Waals surface area contributed by atoms with Gasteiger partial charge >= 0.3 is 0 Å². The molecule has 1 aliphatic rings. The first kappa shape index (κ1) is 14.4. The van der Waals surface area contributed by atoms with Crippen LogP contribution in [0.2, 0.25) is 0 Å². The van der Waals surface area contributed by atoms with Crippen LogP contribution in [0.15, 0.2) is 24.3 Å². The molecule has 106 valence electrons. The van der Waals surface area contributed by atoms with Crippen LogP contribution in [-0.4, -0.2) is 26.4 Å². The fraction of sp³-hybridized carbons (Fsp3) is 0.625. The summed E-state index contributed by atoms with van der Waals surface area (Å²) in [6.07, 6.45) is 5.53. The third-order valence-corrected chi connectivity index (χ3v) is 3.75. The zero-order valence-electron chi connectivity index (χ0n) is 12.0. The number of hydrogen-bond acceptors (Lipinski definition) is 3. The lowest BCUT2D eigenvalue weighted by molar-refractivity contribution is 0.0428. The molecule has 0 saturated heterocycles. The first-order valence-corrected chi connectivity index (χ1v) is 7.32. The maximum absolute atomic E-state index is 6.04. The molecule has 0 aromatic heterocycles. The van der Waals surface area contributed by atoms with Crippen molar-refractivity contribution in [3.05, 3.63) is 29.8 Å². The Morgan fingerprint density at radius 3 is 2.79 bits per heavy atom. The van der Waals surface area contributed by atoms with Gasteiger partial charge in [-0.25, -0.2) is 0 Å². The van der Waals surface area contributed by atoms with Gasteiger partial charge in [-0.1, -0.05) is 31.9 Å². The minimum Gasteiger partial charge on any atom is -0.497 e. The van der Waals surface area contributed by atoms with Gasteiger partial charge in [0.05, 0.1) is 25.9 Å². The van der Waals surface area contributed by atoms with Crippen molar-refractivity contribution in [3.63, 3.8) is 0 Å². The average Bonchev–Trinajstić information content (AvgIpc) is 2.97. The lowest BCUT2D eigenvalue weighted by Gasteiger charge is -2.21. The smallest absolute Gasteiger partial charge is 0.119 e. The number of methoxy groups -OCH3 is 1. The zero-order chi connectivity index (χ0) is 13.5. The highest BCUT2D eigenvalue weighted by Gasteiger charge is 2.18. The first-order valence-electron chi connectivity index (χ1n) is 7.32. The summed E-state index contributed by atoms with van der Waals surface area (Å²) in [7, 11) is 1.70. The van der Waals surface area contributed by atoms with E-state index in [4.69, 9.17) is 9.47 Å². The quantitative estimate of drug-likeness (QED) is 0.818. The minimum atomic E-state index is 0.251. The van der Waals surface area contributed by atoms with Crippen LogP contribution in [0.4, 0.5) is 0 Å². The monoisotopic (exact) mass is 263 g/mol. The maximum atomic E-state index is 6.04. The summed E-state index contributed by atoms with van der Waals surface area (Å²) in [5.41, 5.74) is 1.24. The van der Waals surface area contributed by atoms with Crippen LogP contribution in [-0.2, 0) is 4.74 Å². The Balaban J connectivity index is 1.96. The Morgan fingerprint density at radius 1 is 1.32 bits per heavy atom. The molecule has 0 heterocycles. The molecule has 1 fully saturated rings. The fourth-order valence-corrected chi connectivity index (χ4v) is 2.66. The Bertz CT molecular complexity index is 375. The summed E-state index contributed by atoms with van der Waals surface area (Å²) in [6, 6.07) is 8.48. The predicted molar refractivity (Wildman–Crippen MR) is 77.6 cm³/mol. The fourth-order valence-electron chi connectivity index (χ4n) is 2.66. The van der Waals surface area contributed by atoms with Crippen LogP contribution in [0.25, 0.3) is 0 Å². The van der Waals surface area contributed by atoms with E-state index in [1.807, 2.05) is 12.1 Å². The molecule has 1 saturated carbocycles. The Hall–Kier alpha value is -1.06. The van der Waals surface area contributed by atoms with Gasteiger partial charge in [0.25, 0.3) is 0 Å². The van der Waals surface area contributed by atoms with Crippen LogP contribution in [0.3, 0.4) is 0 Å². The lowest BCUT2D eigenvalue weighted by Crippen LogP contribution is -2.27. The highest BCUT2D eigenvalue weighted by Crippen LogP contribution is 2.24. The molecule has 1 aromatic rings. The van der Waals surface area contributed by atoms with Gasteiger partial charge in [-0.15, -0.1) is 0 Å². The van der Waals surface area contributed by atoms with E-state index < -0.39 is 0 Å². The van der Waals surface area contributed by atoms with Gasteiger partial charge in [0.2, 0.25) is 0 Å². The number of rotatable bonds is 7. The molecule has 0 aliphatic heterocycles. The third-order valence-electron chi connectivity index (χ3n) is 3.75. The van der Waals surface area contributed by atoms with Crippen molar-refractivity contribution >= 4 is 0 Å². The first-order chi connectivity index (χ1) is 9.33. The van der Waals surface area contributed by atoms with Crippen LogP contribution in [0, 0.1) is 0 Å². The van der Waals surface area contributed by atoms with Crippen LogP contribution >= 0.6 is 0 Å². The maximum Gasteiger partial charge on any atom is 0.119 e. The van der Waals surface area contributed by atoms with Crippen molar-refractivity contribution in [1.29, 1.82) is 0 Å². The molecule has 1 aliphatic carbocycles. The van der Waals surface area contributed by atoms with Crippen molar-refractivity contribution in [3.8, 4) is 5.75 Å². The van der Waals surface area contributed by atoms with E-state index in [-0.39, 0.29) is 6.04 Å². The van der Waals surface area contributed by atoms with Gasteiger partial charge in [-0.3, -0.25) is 0 Å². The molecule has 0 bridgehead atoms. The van der Waals surface area contributed by atoms with Crippen LogP contribution in [0.1, 0.15) is 44.2 Å². The van der Waals surface area contributed by atoms with Crippen molar-refractivity contribution in [2.24, 2.45) is 0 Å². The second kappa shape index (κ2) is 7.51. The standard InChI is InChI=1S/C16H25NO2/c1-3-17-16(12-19-14-8-4-5-9-14)13-7-6-10-15(11-13)18-2/h6-7,10-11,14,16-17H,3-5,8-9,12H2,1-2H3. The second-order valence-electron chi connectivity index (χ2n) is 5.13.